The molecule has 0 bridgehead atoms. The van der Waals surface area contributed by atoms with Crippen LogP contribution in [0.5, 0.6) is 0 Å². The summed E-state index contributed by atoms with van der Waals surface area (Å²) in [6, 6.07) is 8.28. The molecule has 2 rings (SSSR count). The molecule has 1 aliphatic rings. The fourth-order valence-corrected chi connectivity index (χ4v) is 2.29. The lowest BCUT2D eigenvalue weighted by Crippen LogP contribution is -2.27. The summed E-state index contributed by atoms with van der Waals surface area (Å²) < 4.78 is 0. The Morgan fingerprint density at radius 3 is 2.40 bits per heavy atom. The van der Waals surface area contributed by atoms with Crippen molar-refractivity contribution in [2.75, 3.05) is 0 Å². The fraction of sp³-hybridized carbons (Fsp3) is 0.214. The zero-order valence-corrected chi connectivity index (χ0v) is 11.2. The Labute approximate surface area is 116 Å². The van der Waals surface area contributed by atoms with Crippen LogP contribution in [0.4, 0.5) is 5.69 Å². The number of nitro benzene ring substituents is 1. The second-order valence-corrected chi connectivity index (χ2v) is 4.64. The highest BCUT2D eigenvalue weighted by Crippen LogP contribution is 2.35. The molecule has 1 heterocycles. The minimum atomic E-state index is -0.455. The number of nitrogens with zero attached hydrogens (tertiary/aromatic N) is 2. The van der Waals surface area contributed by atoms with Crippen molar-refractivity contribution in [1.82, 2.24) is 5.32 Å². The van der Waals surface area contributed by atoms with Crippen molar-refractivity contribution in [1.29, 1.82) is 5.26 Å². The largest absolute Gasteiger partial charge is 0.400 e. The van der Waals surface area contributed by atoms with Gasteiger partial charge in [0.15, 0.2) is 0 Å². The molecule has 1 unspecified atom stereocenters. The number of nitriles is 1. The molecule has 0 aliphatic carbocycles. The van der Waals surface area contributed by atoms with Crippen LogP contribution < -0.4 is 11.1 Å². The van der Waals surface area contributed by atoms with E-state index in [4.69, 9.17) is 5.73 Å². The lowest BCUT2D eigenvalue weighted by atomic mass is 9.85. The first-order chi connectivity index (χ1) is 9.45. The first-order valence-electron chi connectivity index (χ1n) is 6.04. The Balaban J connectivity index is 2.50. The van der Waals surface area contributed by atoms with Crippen molar-refractivity contribution in [3.05, 3.63) is 62.6 Å². The van der Waals surface area contributed by atoms with Crippen molar-refractivity contribution >= 4 is 5.69 Å². The van der Waals surface area contributed by atoms with Crippen molar-refractivity contribution in [2.45, 2.75) is 19.8 Å². The van der Waals surface area contributed by atoms with Crippen LogP contribution in [0.3, 0.4) is 0 Å². The van der Waals surface area contributed by atoms with E-state index in [1.807, 2.05) is 13.8 Å². The third-order valence-corrected chi connectivity index (χ3v) is 3.37. The lowest BCUT2D eigenvalue weighted by molar-refractivity contribution is -0.384. The molecule has 3 N–H and O–H groups in total. The number of allylic oxidation sites excluding steroid dienone is 3. The standard InChI is InChI=1S/C14H14N4O2/c1-8-12(7-15)13(14(16)9(2)17-8)10-3-5-11(6-4-10)18(19)20/h3-6,13,17H,16H2,1-2H3. The summed E-state index contributed by atoms with van der Waals surface area (Å²) >= 11 is 0. The Morgan fingerprint density at radius 2 is 1.90 bits per heavy atom. The average Bonchev–Trinajstić information content (AvgIpc) is 2.42. The summed E-state index contributed by atoms with van der Waals surface area (Å²) in [5, 5.41) is 23.0. The van der Waals surface area contributed by atoms with Gasteiger partial charge in [0.05, 0.1) is 22.5 Å². The molecule has 1 aromatic rings. The summed E-state index contributed by atoms with van der Waals surface area (Å²) in [6.45, 7) is 3.65. The van der Waals surface area contributed by atoms with E-state index in [-0.39, 0.29) is 11.6 Å². The smallest absolute Gasteiger partial charge is 0.269 e. The third-order valence-electron chi connectivity index (χ3n) is 3.37. The summed E-state index contributed by atoms with van der Waals surface area (Å²) in [7, 11) is 0. The van der Waals surface area contributed by atoms with E-state index in [0.29, 0.717) is 11.3 Å². The Morgan fingerprint density at radius 1 is 1.30 bits per heavy atom. The number of rotatable bonds is 2. The molecule has 1 aliphatic heterocycles. The summed E-state index contributed by atoms with van der Waals surface area (Å²) in [5.74, 6) is -0.359. The van der Waals surface area contributed by atoms with E-state index in [1.54, 1.807) is 12.1 Å². The molecule has 6 nitrogen and oxygen atoms in total. The minimum Gasteiger partial charge on any atom is -0.400 e. The first kappa shape index (κ1) is 13.6. The van der Waals surface area contributed by atoms with Gasteiger partial charge in [0.1, 0.15) is 0 Å². The maximum atomic E-state index is 10.7. The molecule has 6 heteroatoms. The van der Waals surface area contributed by atoms with Gasteiger partial charge < -0.3 is 11.1 Å². The highest BCUT2D eigenvalue weighted by atomic mass is 16.6. The lowest BCUT2D eigenvalue weighted by Gasteiger charge is -2.27. The molecule has 1 atom stereocenters. The number of dihydropyridines is 1. The van der Waals surface area contributed by atoms with E-state index < -0.39 is 4.92 Å². The summed E-state index contributed by atoms with van der Waals surface area (Å²) in [6.07, 6.45) is 0. The van der Waals surface area contributed by atoms with Gasteiger partial charge in [-0.15, -0.1) is 0 Å². The zero-order chi connectivity index (χ0) is 14.9. The molecule has 0 saturated heterocycles. The van der Waals surface area contributed by atoms with Gasteiger partial charge in [0.2, 0.25) is 0 Å². The number of hydrogen-bond acceptors (Lipinski definition) is 5. The van der Waals surface area contributed by atoms with Crippen LogP contribution in [-0.2, 0) is 0 Å². The van der Waals surface area contributed by atoms with Crippen LogP contribution in [0.2, 0.25) is 0 Å². The predicted octanol–water partition coefficient (Wildman–Crippen LogP) is 2.27. The maximum Gasteiger partial charge on any atom is 0.269 e. The molecule has 1 aromatic carbocycles. The van der Waals surface area contributed by atoms with Crippen molar-refractivity contribution < 1.29 is 4.92 Å². The Bertz CT molecular complexity index is 665. The molecular weight excluding hydrogens is 256 g/mol. The Hall–Kier alpha value is -2.81. The molecule has 0 fully saturated rings. The fourth-order valence-electron chi connectivity index (χ4n) is 2.29. The van der Waals surface area contributed by atoms with Gasteiger partial charge in [-0.1, -0.05) is 12.1 Å². The monoisotopic (exact) mass is 270 g/mol. The Kier molecular flexibility index (Phi) is 3.44. The van der Waals surface area contributed by atoms with Crippen LogP contribution in [0, 0.1) is 21.4 Å². The van der Waals surface area contributed by atoms with Crippen molar-refractivity contribution in [2.24, 2.45) is 5.73 Å². The van der Waals surface area contributed by atoms with Crippen LogP contribution >= 0.6 is 0 Å². The molecule has 0 radical (unpaired) electrons. The molecule has 0 aromatic heterocycles. The van der Waals surface area contributed by atoms with Gasteiger partial charge in [0.25, 0.3) is 5.69 Å². The van der Waals surface area contributed by atoms with E-state index >= 15 is 0 Å². The number of non-ortho nitro benzene ring substituents is 1. The molecule has 20 heavy (non-hydrogen) atoms. The van der Waals surface area contributed by atoms with E-state index in [0.717, 1.165) is 17.0 Å². The molecule has 0 amide bonds. The van der Waals surface area contributed by atoms with Crippen LogP contribution in [0.25, 0.3) is 0 Å². The van der Waals surface area contributed by atoms with Crippen LogP contribution in [-0.4, -0.2) is 4.92 Å². The van der Waals surface area contributed by atoms with Gasteiger partial charge >= 0.3 is 0 Å². The topological polar surface area (TPSA) is 105 Å². The number of benzene rings is 1. The second kappa shape index (κ2) is 5.05. The first-order valence-corrected chi connectivity index (χ1v) is 6.04. The maximum absolute atomic E-state index is 10.7. The average molecular weight is 270 g/mol. The highest BCUT2D eigenvalue weighted by Gasteiger charge is 2.27. The van der Waals surface area contributed by atoms with Gasteiger partial charge in [-0.25, -0.2) is 0 Å². The van der Waals surface area contributed by atoms with Crippen molar-refractivity contribution in [3.8, 4) is 6.07 Å². The van der Waals surface area contributed by atoms with Gasteiger partial charge in [0, 0.05) is 29.2 Å². The predicted molar refractivity (Wildman–Crippen MR) is 74.2 cm³/mol. The summed E-state index contributed by atoms with van der Waals surface area (Å²) in [4.78, 5) is 10.2. The second-order valence-electron chi connectivity index (χ2n) is 4.64. The highest BCUT2D eigenvalue weighted by molar-refractivity contribution is 5.51. The molecule has 0 saturated carbocycles. The number of hydrogen-bond donors (Lipinski definition) is 2. The number of nitro groups is 1. The minimum absolute atomic E-state index is 0.0150. The van der Waals surface area contributed by atoms with Gasteiger partial charge in [-0.3, -0.25) is 10.1 Å². The number of nitrogens with one attached hydrogen (secondary N) is 1. The zero-order valence-electron chi connectivity index (χ0n) is 11.2. The van der Waals surface area contributed by atoms with Crippen LogP contribution in [0.15, 0.2) is 46.9 Å². The van der Waals surface area contributed by atoms with Crippen LogP contribution in [0.1, 0.15) is 25.3 Å². The van der Waals surface area contributed by atoms with E-state index in [1.165, 1.54) is 12.1 Å². The quantitative estimate of drug-likeness (QED) is 0.633. The van der Waals surface area contributed by atoms with E-state index in [9.17, 15) is 15.4 Å². The summed E-state index contributed by atoms with van der Waals surface area (Å²) in [5.41, 5.74) is 9.50. The van der Waals surface area contributed by atoms with Crippen molar-refractivity contribution in [3.63, 3.8) is 0 Å². The molecule has 102 valence electrons. The van der Waals surface area contributed by atoms with Gasteiger partial charge in [-0.2, -0.15) is 5.26 Å². The molecule has 0 spiro atoms. The molecular formula is C14H14N4O2. The SMILES string of the molecule is CC1=C(N)C(c2ccc([N+](=O)[O-])cc2)C(C#N)=C(C)N1. The van der Waals surface area contributed by atoms with Gasteiger partial charge in [-0.05, 0) is 19.4 Å². The normalized spacial score (nSPS) is 18.6. The number of nitrogens with two attached hydrogens (primary N) is 1. The third kappa shape index (κ3) is 2.21. The van der Waals surface area contributed by atoms with E-state index in [2.05, 4.69) is 11.4 Å².